The molecule has 8 nitrogen and oxygen atoms in total. The van der Waals surface area contributed by atoms with Crippen LogP contribution in [0.15, 0.2) is 18.5 Å². The van der Waals surface area contributed by atoms with Crippen molar-refractivity contribution in [1.29, 1.82) is 0 Å². The minimum atomic E-state index is 0.277. The van der Waals surface area contributed by atoms with Crippen LogP contribution in [0.3, 0.4) is 0 Å². The smallest absolute Gasteiger partial charge is 0.228 e. The molecule has 0 aromatic carbocycles. The van der Waals surface area contributed by atoms with Crippen molar-refractivity contribution in [3.05, 3.63) is 18.5 Å². The first kappa shape index (κ1) is 15.6. The molecule has 0 unspecified atom stereocenters. The number of rotatable bonds is 3. The van der Waals surface area contributed by atoms with Crippen LogP contribution < -0.4 is 15.5 Å². The number of aromatic nitrogens is 4. The third-order valence-electron chi connectivity index (χ3n) is 6.53. The number of nitrogens with zero attached hydrogens (tertiary/aromatic N) is 6. The van der Waals surface area contributed by atoms with E-state index < -0.39 is 0 Å². The molecule has 1 aliphatic carbocycles. The predicted octanol–water partition coefficient (Wildman–Crippen LogP) is 1.48. The standard InChI is InChI=1S/C19H23N7O/c20-18-21-6-12(7-22-18)16-5-17(25-9-15-4-14(25)10-27-15)24-19(23-16)26-8-11-1-2-13(26)3-11/h5-7,11,13-15H,1-4,8-10H2,(H2,20,21,22)/t11-,13+,14-,15-/m0/s1. The molecule has 27 heavy (non-hydrogen) atoms. The van der Waals surface area contributed by atoms with Gasteiger partial charge in [0.15, 0.2) is 0 Å². The molecule has 5 heterocycles. The molecule has 2 N–H and O–H groups in total. The van der Waals surface area contributed by atoms with Crippen molar-refractivity contribution in [2.45, 2.75) is 43.9 Å². The summed E-state index contributed by atoms with van der Waals surface area (Å²) in [6, 6.07) is 3.07. The minimum Gasteiger partial charge on any atom is -0.374 e. The van der Waals surface area contributed by atoms with E-state index in [4.69, 9.17) is 20.4 Å². The molecule has 8 heteroatoms. The monoisotopic (exact) mass is 365 g/mol. The van der Waals surface area contributed by atoms with Gasteiger partial charge in [0.2, 0.25) is 11.9 Å². The Hall–Kier alpha value is -2.48. The Kier molecular flexibility index (Phi) is 3.32. The van der Waals surface area contributed by atoms with E-state index in [2.05, 4.69) is 25.8 Å². The summed E-state index contributed by atoms with van der Waals surface area (Å²) >= 11 is 0. The molecule has 4 atom stereocenters. The van der Waals surface area contributed by atoms with Crippen LogP contribution >= 0.6 is 0 Å². The SMILES string of the molecule is Nc1ncc(-c2cc(N3C[C@@H]4C[C@H]3CO4)nc(N3C[C@H]4CC[C@@H]3C4)n2)cn1. The van der Waals surface area contributed by atoms with E-state index in [1.807, 2.05) is 0 Å². The van der Waals surface area contributed by atoms with Gasteiger partial charge in [0.05, 0.1) is 24.4 Å². The highest BCUT2D eigenvalue weighted by molar-refractivity contribution is 5.65. The molecule has 4 aliphatic rings. The van der Waals surface area contributed by atoms with Gasteiger partial charge < -0.3 is 20.3 Å². The Morgan fingerprint density at radius 3 is 2.56 bits per heavy atom. The van der Waals surface area contributed by atoms with E-state index in [1.54, 1.807) is 12.4 Å². The van der Waals surface area contributed by atoms with Gasteiger partial charge in [-0.3, -0.25) is 0 Å². The molecule has 6 rings (SSSR count). The molecule has 140 valence electrons. The Morgan fingerprint density at radius 2 is 1.89 bits per heavy atom. The topological polar surface area (TPSA) is 93.3 Å². The molecule has 3 saturated heterocycles. The Bertz CT molecular complexity index is 827. The number of nitrogens with two attached hydrogens (primary N) is 1. The third-order valence-corrected chi connectivity index (χ3v) is 6.53. The highest BCUT2D eigenvalue weighted by Crippen LogP contribution is 2.40. The second-order valence-corrected chi connectivity index (χ2v) is 8.22. The lowest BCUT2D eigenvalue weighted by Crippen LogP contribution is -2.38. The van der Waals surface area contributed by atoms with Crippen molar-refractivity contribution in [3.63, 3.8) is 0 Å². The molecule has 4 fully saturated rings. The summed E-state index contributed by atoms with van der Waals surface area (Å²) < 4.78 is 5.77. The van der Waals surface area contributed by atoms with Crippen LogP contribution in [0.2, 0.25) is 0 Å². The molecule has 1 saturated carbocycles. The lowest BCUT2D eigenvalue weighted by molar-refractivity contribution is 0.0989. The molecule has 2 aromatic rings. The minimum absolute atomic E-state index is 0.277. The van der Waals surface area contributed by atoms with Gasteiger partial charge in [0.25, 0.3) is 0 Å². The summed E-state index contributed by atoms with van der Waals surface area (Å²) in [5.41, 5.74) is 7.40. The molecule has 3 aliphatic heterocycles. The first-order valence-electron chi connectivity index (χ1n) is 9.85. The number of hydrogen-bond acceptors (Lipinski definition) is 8. The maximum absolute atomic E-state index is 5.77. The second kappa shape index (κ2) is 5.76. The number of anilines is 3. The first-order valence-corrected chi connectivity index (χ1v) is 9.85. The lowest BCUT2D eigenvalue weighted by Gasteiger charge is -2.31. The fourth-order valence-corrected chi connectivity index (χ4v) is 5.17. The highest BCUT2D eigenvalue weighted by Gasteiger charge is 2.42. The van der Waals surface area contributed by atoms with Gasteiger partial charge in [-0.1, -0.05) is 0 Å². The first-order chi connectivity index (χ1) is 13.2. The Labute approximate surface area is 157 Å². The zero-order valence-corrected chi connectivity index (χ0v) is 15.2. The fourth-order valence-electron chi connectivity index (χ4n) is 5.17. The van der Waals surface area contributed by atoms with Gasteiger partial charge in [0.1, 0.15) is 5.82 Å². The van der Waals surface area contributed by atoms with Crippen LogP contribution in [0.4, 0.5) is 17.7 Å². The average molecular weight is 365 g/mol. The van der Waals surface area contributed by atoms with Crippen LogP contribution in [0.5, 0.6) is 0 Å². The zero-order valence-electron chi connectivity index (χ0n) is 15.2. The highest BCUT2D eigenvalue weighted by atomic mass is 16.5. The number of fused-ring (bicyclic) bond motifs is 4. The van der Waals surface area contributed by atoms with Crippen molar-refractivity contribution in [1.82, 2.24) is 19.9 Å². The van der Waals surface area contributed by atoms with Gasteiger partial charge in [-0.15, -0.1) is 0 Å². The van der Waals surface area contributed by atoms with Gasteiger partial charge in [-0.05, 0) is 31.6 Å². The van der Waals surface area contributed by atoms with Crippen LogP contribution in [0.25, 0.3) is 11.3 Å². The number of morpholine rings is 1. The Balaban J connectivity index is 1.42. The predicted molar refractivity (Wildman–Crippen MR) is 101 cm³/mol. The quantitative estimate of drug-likeness (QED) is 0.874. The summed E-state index contributed by atoms with van der Waals surface area (Å²) in [5, 5.41) is 0. The maximum Gasteiger partial charge on any atom is 0.228 e. The van der Waals surface area contributed by atoms with Crippen LogP contribution in [-0.4, -0.2) is 57.8 Å². The van der Waals surface area contributed by atoms with Crippen molar-refractivity contribution in [3.8, 4) is 11.3 Å². The van der Waals surface area contributed by atoms with Gasteiger partial charge in [-0.2, -0.15) is 4.98 Å². The summed E-state index contributed by atoms with van der Waals surface area (Å²) in [6.45, 7) is 2.77. The van der Waals surface area contributed by atoms with Crippen LogP contribution in [0.1, 0.15) is 25.7 Å². The normalized spacial score (nSPS) is 31.3. The maximum atomic E-state index is 5.77. The van der Waals surface area contributed by atoms with Crippen molar-refractivity contribution in [2.24, 2.45) is 5.92 Å². The van der Waals surface area contributed by atoms with E-state index >= 15 is 0 Å². The Morgan fingerprint density at radius 1 is 1.00 bits per heavy atom. The van der Waals surface area contributed by atoms with E-state index in [1.165, 1.54) is 19.3 Å². The molecular formula is C19H23N7O. The number of hydrogen-bond donors (Lipinski definition) is 1. The number of ether oxygens (including phenoxy) is 1. The van der Waals surface area contributed by atoms with E-state index in [0.29, 0.717) is 18.2 Å². The zero-order chi connectivity index (χ0) is 18.0. The third kappa shape index (κ3) is 2.54. The molecule has 0 spiro atoms. The second-order valence-electron chi connectivity index (χ2n) is 8.22. The van der Waals surface area contributed by atoms with E-state index in [-0.39, 0.29) is 5.95 Å². The van der Waals surface area contributed by atoms with Gasteiger partial charge in [-0.25, -0.2) is 15.0 Å². The van der Waals surface area contributed by atoms with Crippen molar-refractivity contribution in [2.75, 3.05) is 35.2 Å². The van der Waals surface area contributed by atoms with Crippen molar-refractivity contribution < 1.29 is 4.74 Å². The average Bonchev–Trinajstić information content (AvgIpc) is 3.49. The fraction of sp³-hybridized carbons (Fsp3) is 0.579. The largest absolute Gasteiger partial charge is 0.374 e. The number of piperidine rings is 1. The van der Waals surface area contributed by atoms with Gasteiger partial charge >= 0.3 is 0 Å². The van der Waals surface area contributed by atoms with E-state index in [0.717, 1.165) is 55.1 Å². The summed E-state index contributed by atoms with van der Waals surface area (Å²) in [6.07, 6.45) is 8.78. The number of nitrogen functional groups attached to an aromatic ring is 1. The van der Waals surface area contributed by atoms with Crippen LogP contribution in [-0.2, 0) is 4.74 Å². The lowest BCUT2D eigenvalue weighted by atomic mass is 10.1. The summed E-state index contributed by atoms with van der Waals surface area (Å²) in [5.74, 6) is 2.90. The molecular weight excluding hydrogens is 342 g/mol. The summed E-state index contributed by atoms with van der Waals surface area (Å²) in [7, 11) is 0. The molecule has 0 amide bonds. The summed E-state index contributed by atoms with van der Waals surface area (Å²) in [4.78, 5) is 23.0. The molecule has 2 aromatic heterocycles. The molecule has 4 bridgehead atoms. The van der Waals surface area contributed by atoms with E-state index in [9.17, 15) is 0 Å². The van der Waals surface area contributed by atoms with Crippen LogP contribution in [0, 0.1) is 5.92 Å². The molecule has 0 radical (unpaired) electrons. The van der Waals surface area contributed by atoms with Crippen molar-refractivity contribution >= 4 is 17.7 Å². The van der Waals surface area contributed by atoms with Gasteiger partial charge in [0, 0.05) is 43.2 Å².